The highest BCUT2D eigenvalue weighted by Crippen LogP contribution is 2.39. The summed E-state index contributed by atoms with van der Waals surface area (Å²) >= 11 is 0.975. The number of carbonyl (C=O) groups is 2. The number of benzene rings is 1. The molecule has 1 aliphatic rings. The molecule has 2 atom stereocenters. The predicted octanol–water partition coefficient (Wildman–Crippen LogP) is 1.58. The van der Waals surface area contributed by atoms with Crippen molar-refractivity contribution in [2.45, 2.75) is 36.0 Å². The number of sulfonamides is 1. The van der Waals surface area contributed by atoms with Gasteiger partial charge in [-0.25, -0.2) is 8.42 Å². The van der Waals surface area contributed by atoms with Crippen LogP contribution in [0.2, 0.25) is 0 Å². The number of thioether (sulfide) groups is 1. The summed E-state index contributed by atoms with van der Waals surface area (Å²) in [5.74, 6) is -0.729. The molecule has 1 N–H and O–H groups in total. The summed E-state index contributed by atoms with van der Waals surface area (Å²) < 4.78 is 31.8. The van der Waals surface area contributed by atoms with E-state index in [1.165, 1.54) is 45.2 Å². The van der Waals surface area contributed by atoms with E-state index in [1.54, 1.807) is 0 Å². The van der Waals surface area contributed by atoms with Crippen LogP contribution in [-0.2, 0) is 19.6 Å². The number of hydrogen-bond acceptors (Lipinski definition) is 6. The highest BCUT2D eigenvalue weighted by Gasteiger charge is 2.53. The van der Waals surface area contributed by atoms with Crippen LogP contribution in [0.15, 0.2) is 29.2 Å². The van der Waals surface area contributed by atoms with E-state index in [2.05, 4.69) is 0 Å². The van der Waals surface area contributed by atoms with Gasteiger partial charge in [-0.2, -0.15) is 4.31 Å². The van der Waals surface area contributed by atoms with E-state index in [-0.39, 0.29) is 23.0 Å². The maximum atomic E-state index is 12.9. The molecule has 0 radical (unpaired) electrons. The molecular formula is C15H19NO6S2. The molecule has 1 aromatic carbocycles. The number of carboxylic acid groups (broad SMARTS) is 1. The Hall–Kier alpha value is -1.58. The number of ether oxygens (including phenoxy) is 1. The topological polar surface area (TPSA) is 101 Å². The molecule has 0 aliphatic carbocycles. The van der Waals surface area contributed by atoms with Crippen LogP contribution in [0.1, 0.15) is 20.3 Å². The summed E-state index contributed by atoms with van der Waals surface area (Å²) in [7, 11) is -2.55. The number of methoxy groups -OCH3 is 1. The summed E-state index contributed by atoms with van der Waals surface area (Å²) in [4.78, 5) is 23.0. The van der Waals surface area contributed by atoms with E-state index in [0.717, 1.165) is 16.1 Å². The third-order valence-electron chi connectivity index (χ3n) is 3.99. The van der Waals surface area contributed by atoms with Crippen LogP contribution >= 0.6 is 11.8 Å². The van der Waals surface area contributed by atoms with Crippen molar-refractivity contribution in [1.29, 1.82) is 0 Å². The standard InChI is InChI=1S/C15H19NO6S2/c1-10(17)23-12-8-15(2,14(18)19)16(9-12)24(20,21)13-6-4-11(22-3)5-7-13/h4-7,12H,8-9H2,1-3H3,(H,18,19)/t12-,15+/m0/s1. The van der Waals surface area contributed by atoms with Crippen molar-refractivity contribution in [3.63, 3.8) is 0 Å². The lowest BCUT2D eigenvalue weighted by atomic mass is 10.0. The highest BCUT2D eigenvalue weighted by molar-refractivity contribution is 8.14. The highest BCUT2D eigenvalue weighted by atomic mass is 32.2. The first kappa shape index (κ1) is 18.8. The van der Waals surface area contributed by atoms with Crippen LogP contribution < -0.4 is 4.74 Å². The van der Waals surface area contributed by atoms with Crippen LogP contribution in [0.5, 0.6) is 5.75 Å². The monoisotopic (exact) mass is 373 g/mol. The number of hydrogen-bond donors (Lipinski definition) is 1. The minimum absolute atomic E-state index is 0.00995. The fraction of sp³-hybridized carbons (Fsp3) is 0.467. The van der Waals surface area contributed by atoms with Crippen LogP contribution in [0.25, 0.3) is 0 Å². The van der Waals surface area contributed by atoms with Crippen molar-refractivity contribution in [3.8, 4) is 5.75 Å². The van der Waals surface area contributed by atoms with E-state index in [9.17, 15) is 23.1 Å². The zero-order chi connectivity index (χ0) is 18.1. The smallest absolute Gasteiger partial charge is 0.324 e. The van der Waals surface area contributed by atoms with Gasteiger partial charge in [-0.3, -0.25) is 9.59 Å². The average Bonchev–Trinajstić information content (AvgIpc) is 2.85. The number of aliphatic carboxylic acids is 1. The normalized spacial score (nSPS) is 24.7. The number of nitrogens with zero attached hydrogens (tertiary/aromatic N) is 1. The molecular weight excluding hydrogens is 354 g/mol. The molecule has 0 amide bonds. The Morgan fingerprint density at radius 2 is 1.92 bits per heavy atom. The van der Waals surface area contributed by atoms with Gasteiger partial charge in [0.2, 0.25) is 10.0 Å². The molecule has 0 saturated carbocycles. The Bertz CT molecular complexity index is 746. The van der Waals surface area contributed by atoms with Gasteiger partial charge in [0.15, 0.2) is 5.12 Å². The number of carboxylic acids is 1. The van der Waals surface area contributed by atoms with Gasteiger partial charge in [0.05, 0.1) is 12.0 Å². The largest absolute Gasteiger partial charge is 0.497 e. The van der Waals surface area contributed by atoms with Crippen molar-refractivity contribution in [2.75, 3.05) is 13.7 Å². The van der Waals surface area contributed by atoms with E-state index < -0.39 is 26.8 Å². The van der Waals surface area contributed by atoms with Crippen molar-refractivity contribution in [2.24, 2.45) is 0 Å². The van der Waals surface area contributed by atoms with Crippen LogP contribution in [0.4, 0.5) is 0 Å². The van der Waals surface area contributed by atoms with E-state index in [0.29, 0.717) is 5.75 Å². The third-order valence-corrected chi connectivity index (χ3v) is 6.97. The molecule has 0 unspecified atom stereocenters. The molecule has 0 aromatic heterocycles. The number of rotatable bonds is 5. The second-order valence-corrected chi connectivity index (χ2v) is 9.07. The molecule has 1 aliphatic heterocycles. The van der Waals surface area contributed by atoms with Gasteiger partial charge in [-0.1, -0.05) is 11.8 Å². The molecule has 2 rings (SSSR count). The summed E-state index contributed by atoms with van der Waals surface area (Å²) in [5, 5.41) is 9.00. The summed E-state index contributed by atoms with van der Waals surface area (Å²) in [5.41, 5.74) is -1.59. The van der Waals surface area contributed by atoms with Gasteiger partial charge in [0.25, 0.3) is 0 Å². The van der Waals surface area contributed by atoms with Gasteiger partial charge in [-0.05, 0) is 37.6 Å². The molecule has 132 valence electrons. The zero-order valence-corrected chi connectivity index (χ0v) is 15.2. The van der Waals surface area contributed by atoms with Crippen molar-refractivity contribution >= 4 is 32.9 Å². The lowest BCUT2D eigenvalue weighted by Crippen LogP contribution is -2.50. The SMILES string of the molecule is COc1ccc(S(=O)(=O)N2C[C@@H](SC(C)=O)C[C@]2(C)C(=O)O)cc1. The Balaban J connectivity index is 2.41. The van der Waals surface area contributed by atoms with E-state index in [4.69, 9.17) is 4.74 Å². The van der Waals surface area contributed by atoms with Crippen LogP contribution in [0.3, 0.4) is 0 Å². The molecule has 0 bridgehead atoms. The summed E-state index contributed by atoms with van der Waals surface area (Å²) in [6.07, 6.45) is 0.0714. The second kappa shape index (κ2) is 6.73. The minimum atomic E-state index is -4.01. The summed E-state index contributed by atoms with van der Waals surface area (Å²) in [6, 6.07) is 5.76. The molecule has 7 nitrogen and oxygen atoms in total. The lowest BCUT2D eigenvalue weighted by molar-refractivity contribution is -0.146. The third kappa shape index (κ3) is 3.42. The van der Waals surface area contributed by atoms with Crippen molar-refractivity contribution in [3.05, 3.63) is 24.3 Å². The fourth-order valence-corrected chi connectivity index (χ4v) is 5.73. The first-order valence-electron chi connectivity index (χ1n) is 7.19. The molecule has 1 fully saturated rings. The van der Waals surface area contributed by atoms with Crippen molar-refractivity contribution < 1.29 is 27.9 Å². The maximum Gasteiger partial charge on any atom is 0.324 e. The van der Waals surface area contributed by atoms with E-state index >= 15 is 0 Å². The van der Waals surface area contributed by atoms with Gasteiger partial charge < -0.3 is 9.84 Å². The Morgan fingerprint density at radius 1 is 1.33 bits per heavy atom. The molecule has 1 aromatic rings. The summed E-state index contributed by atoms with van der Waals surface area (Å²) in [6.45, 7) is 2.72. The van der Waals surface area contributed by atoms with Crippen LogP contribution in [0, 0.1) is 0 Å². The molecule has 9 heteroatoms. The Labute approximate surface area is 145 Å². The average molecular weight is 373 g/mol. The zero-order valence-electron chi connectivity index (χ0n) is 13.6. The van der Waals surface area contributed by atoms with Gasteiger partial charge in [0.1, 0.15) is 11.3 Å². The fourth-order valence-electron chi connectivity index (χ4n) is 2.74. The van der Waals surface area contributed by atoms with Crippen molar-refractivity contribution in [1.82, 2.24) is 4.31 Å². The maximum absolute atomic E-state index is 12.9. The first-order chi connectivity index (χ1) is 11.1. The molecule has 1 saturated heterocycles. The Kier molecular flexibility index (Phi) is 5.26. The molecule has 1 heterocycles. The van der Waals surface area contributed by atoms with Crippen LogP contribution in [-0.4, -0.2) is 53.4 Å². The molecule has 0 spiro atoms. The Morgan fingerprint density at radius 3 is 2.38 bits per heavy atom. The lowest BCUT2D eigenvalue weighted by Gasteiger charge is -2.30. The number of carbonyl (C=O) groups excluding carboxylic acids is 1. The minimum Gasteiger partial charge on any atom is -0.497 e. The first-order valence-corrected chi connectivity index (χ1v) is 9.51. The van der Waals surface area contributed by atoms with Gasteiger partial charge >= 0.3 is 5.97 Å². The van der Waals surface area contributed by atoms with Gasteiger partial charge in [-0.15, -0.1) is 0 Å². The second-order valence-electron chi connectivity index (χ2n) is 5.73. The van der Waals surface area contributed by atoms with E-state index in [1.807, 2.05) is 0 Å². The quantitative estimate of drug-likeness (QED) is 0.836. The predicted molar refractivity (Wildman–Crippen MR) is 89.6 cm³/mol. The van der Waals surface area contributed by atoms with Gasteiger partial charge in [0, 0.05) is 18.7 Å². The molecule has 24 heavy (non-hydrogen) atoms.